The third-order valence-corrected chi connectivity index (χ3v) is 5.17. The molecule has 1 aromatic carbocycles. The number of hydrogen-bond acceptors (Lipinski definition) is 6. The van der Waals surface area contributed by atoms with Gasteiger partial charge in [0.2, 0.25) is 0 Å². The Morgan fingerprint density at radius 3 is 2.64 bits per heavy atom. The third-order valence-electron chi connectivity index (χ3n) is 4.32. The fourth-order valence-electron chi connectivity index (χ4n) is 2.96. The van der Waals surface area contributed by atoms with Crippen molar-refractivity contribution in [2.45, 2.75) is 20.1 Å². The van der Waals surface area contributed by atoms with Gasteiger partial charge in [0.05, 0.1) is 19.8 Å². The molecule has 0 bridgehead atoms. The molecule has 1 saturated heterocycles. The number of hydrogen-bond donors (Lipinski definition) is 1. The summed E-state index contributed by atoms with van der Waals surface area (Å²) in [6, 6.07) is 10.3. The molecule has 1 aliphatic heterocycles. The predicted octanol–water partition coefficient (Wildman–Crippen LogP) is 3.99. The molecule has 0 aliphatic carbocycles. The van der Waals surface area contributed by atoms with Crippen molar-refractivity contribution in [1.29, 1.82) is 0 Å². The Hall–Kier alpha value is -1.02. The molecule has 0 amide bonds. The van der Waals surface area contributed by atoms with E-state index in [4.69, 9.17) is 14.2 Å². The van der Waals surface area contributed by atoms with Crippen molar-refractivity contribution in [2.75, 3.05) is 46.0 Å². The first-order valence-corrected chi connectivity index (χ1v) is 10.2. The molecule has 28 heavy (non-hydrogen) atoms. The van der Waals surface area contributed by atoms with E-state index in [-0.39, 0.29) is 24.8 Å². The standard InChI is InChI=1S/C20H28N2O3S.2ClH/c1-2-24-19-7-3-5-17(20(19)25-16-18-6-4-14-26-18)15-21-8-9-22-10-12-23-13-11-22;;/h3-7,14,21H,2,8-13,15-16H2,1H3;2*1H. The van der Waals surface area contributed by atoms with Crippen molar-refractivity contribution in [2.24, 2.45) is 0 Å². The number of halogens is 2. The van der Waals surface area contributed by atoms with Crippen LogP contribution in [-0.4, -0.2) is 50.9 Å². The van der Waals surface area contributed by atoms with E-state index in [1.165, 1.54) is 4.88 Å². The zero-order valence-electron chi connectivity index (χ0n) is 16.2. The average Bonchev–Trinajstić information content (AvgIpc) is 3.19. The van der Waals surface area contributed by atoms with Crippen LogP contribution in [0, 0.1) is 0 Å². The molecule has 8 heteroatoms. The first-order valence-electron chi connectivity index (χ1n) is 9.27. The van der Waals surface area contributed by atoms with E-state index >= 15 is 0 Å². The number of ether oxygens (including phenoxy) is 3. The maximum atomic E-state index is 6.13. The normalized spacial score (nSPS) is 14.0. The molecule has 1 fully saturated rings. The summed E-state index contributed by atoms with van der Waals surface area (Å²) in [6.07, 6.45) is 0. The van der Waals surface area contributed by atoms with E-state index in [1.54, 1.807) is 11.3 Å². The van der Waals surface area contributed by atoms with Crippen molar-refractivity contribution in [3.05, 3.63) is 46.2 Å². The monoisotopic (exact) mass is 448 g/mol. The Balaban J connectivity index is 0.00000196. The number of nitrogens with zero attached hydrogens (tertiary/aromatic N) is 1. The second-order valence-corrected chi connectivity index (χ2v) is 7.21. The van der Waals surface area contributed by atoms with Crippen LogP contribution in [0.4, 0.5) is 0 Å². The Bertz CT molecular complexity index is 653. The van der Waals surface area contributed by atoms with Gasteiger partial charge < -0.3 is 19.5 Å². The minimum absolute atomic E-state index is 0. The van der Waals surface area contributed by atoms with E-state index in [0.29, 0.717) is 13.2 Å². The largest absolute Gasteiger partial charge is 0.490 e. The van der Waals surface area contributed by atoms with Crippen LogP contribution in [0.1, 0.15) is 17.4 Å². The SMILES string of the molecule is CCOc1cccc(CNCCN2CCOCC2)c1OCc1cccs1.Cl.Cl. The molecule has 2 aromatic rings. The van der Waals surface area contributed by atoms with Crippen LogP contribution in [0.15, 0.2) is 35.7 Å². The molecule has 0 atom stereocenters. The Morgan fingerprint density at radius 2 is 1.93 bits per heavy atom. The molecule has 0 radical (unpaired) electrons. The van der Waals surface area contributed by atoms with E-state index in [9.17, 15) is 0 Å². The highest BCUT2D eigenvalue weighted by Crippen LogP contribution is 2.32. The summed E-state index contributed by atoms with van der Waals surface area (Å²) in [5.41, 5.74) is 1.13. The van der Waals surface area contributed by atoms with Crippen molar-refractivity contribution in [1.82, 2.24) is 10.2 Å². The van der Waals surface area contributed by atoms with E-state index in [2.05, 4.69) is 27.7 Å². The number of benzene rings is 1. The summed E-state index contributed by atoms with van der Waals surface area (Å²) >= 11 is 1.71. The summed E-state index contributed by atoms with van der Waals surface area (Å²) in [5.74, 6) is 1.66. The third kappa shape index (κ3) is 7.78. The average molecular weight is 449 g/mol. The second kappa shape index (κ2) is 14.0. The summed E-state index contributed by atoms with van der Waals surface area (Å²) < 4.78 is 17.3. The maximum Gasteiger partial charge on any atom is 0.166 e. The molecule has 1 aliphatic rings. The summed E-state index contributed by atoms with van der Waals surface area (Å²) in [4.78, 5) is 3.64. The van der Waals surface area contributed by atoms with Gasteiger partial charge in [-0.05, 0) is 24.4 Å². The lowest BCUT2D eigenvalue weighted by molar-refractivity contribution is 0.0384. The van der Waals surface area contributed by atoms with Gasteiger partial charge in [0.25, 0.3) is 0 Å². The summed E-state index contributed by atoms with van der Waals surface area (Å²) in [6.45, 7) is 9.69. The highest BCUT2D eigenvalue weighted by Gasteiger charge is 2.13. The summed E-state index contributed by atoms with van der Waals surface area (Å²) in [5, 5.41) is 5.61. The lowest BCUT2D eigenvalue weighted by atomic mass is 10.2. The Morgan fingerprint density at radius 1 is 1.11 bits per heavy atom. The molecule has 1 N–H and O–H groups in total. The van der Waals surface area contributed by atoms with Crippen LogP contribution in [0.2, 0.25) is 0 Å². The number of para-hydroxylation sites is 1. The van der Waals surface area contributed by atoms with E-state index < -0.39 is 0 Å². The highest BCUT2D eigenvalue weighted by atomic mass is 35.5. The van der Waals surface area contributed by atoms with Crippen molar-refractivity contribution < 1.29 is 14.2 Å². The van der Waals surface area contributed by atoms with Gasteiger partial charge in [0.15, 0.2) is 11.5 Å². The van der Waals surface area contributed by atoms with Crippen LogP contribution in [-0.2, 0) is 17.9 Å². The van der Waals surface area contributed by atoms with E-state index in [1.807, 2.05) is 25.1 Å². The zero-order chi connectivity index (χ0) is 18.0. The van der Waals surface area contributed by atoms with Gasteiger partial charge in [0.1, 0.15) is 6.61 Å². The molecule has 0 saturated carbocycles. The van der Waals surface area contributed by atoms with Crippen molar-refractivity contribution >= 4 is 36.2 Å². The first kappa shape index (κ1) is 25.0. The molecule has 0 spiro atoms. The molecule has 158 valence electrons. The van der Waals surface area contributed by atoms with Crippen LogP contribution in [0.25, 0.3) is 0 Å². The van der Waals surface area contributed by atoms with Gasteiger partial charge >= 0.3 is 0 Å². The second-order valence-electron chi connectivity index (χ2n) is 6.18. The molecular formula is C20H30Cl2N2O3S. The van der Waals surface area contributed by atoms with Crippen LogP contribution >= 0.6 is 36.2 Å². The predicted molar refractivity (Wildman–Crippen MR) is 120 cm³/mol. The van der Waals surface area contributed by atoms with Gasteiger partial charge in [-0.15, -0.1) is 36.2 Å². The molecule has 3 rings (SSSR count). The minimum Gasteiger partial charge on any atom is -0.490 e. The van der Waals surface area contributed by atoms with Crippen molar-refractivity contribution in [3.8, 4) is 11.5 Å². The van der Waals surface area contributed by atoms with Gasteiger partial charge in [-0.25, -0.2) is 0 Å². The van der Waals surface area contributed by atoms with Gasteiger partial charge in [-0.2, -0.15) is 0 Å². The number of nitrogens with one attached hydrogen (secondary N) is 1. The lowest BCUT2D eigenvalue weighted by Gasteiger charge is -2.26. The number of rotatable bonds is 10. The molecule has 2 heterocycles. The van der Waals surface area contributed by atoms with E-state index in [0.717, 1.165) is 63.0 Å². The number of thiophene rings is 1. The smallest absolute Gasteiger partial charge is 0.166 e. The Kier molecular flexibility index (Phi) is 12.5. The lowest BCUT2D eigenvalue weighted by Crippen LogP contribution is -2.40. The first-order chi connectivity index (χ1) is 12.9. The fraction of sp³-hybridized carbons (Fsp3) is 0.500. The molecule has 0 unspecified atom stereocenters. The Labute approximate surface area is 184 Å². The van der Waals surface area contributed by atoms with Gasteiger partial charge in [-0.3, -0.25) is 4.90 Å². The van der Waals surface area contributed by atoms with Crippen LogP contribution in [0.5, 0.6) is 11.5 Å². The van der Waals surface area contributed by atoms with Gasteiger partial charge in [-0.1, -0.05) is 18.2 Å². The summed E-state index contributed by atoms with van der Waals surface area (Å²) in [7, 11) is 0. The van der Waals surface area contributed by atoms with Crippen LogP contribution < -0.4 is 14.8 Å². The maximum absolute atomic E-state index is 6.13. The van der Waals surface area contributed by atoms with Crippen molar-refractivity contribution in [3.63, 3.8) is 0 Å². The minimum atomic E-state index is 0. The van der Waals surface area contributed by atoms with Gasteiger partial charge in [0, 0.05) is 43.2 Å². The fourth-order valence-corrected chi connectivity index (χ4v) is 3.57. The highest BCUT2D eigenvalue weighted by molar-refractivity contribution is 7.09. The molecular weight excluding hydrogens is 419 g/mol. The molecule has 5 nitrogen and oxygen atoms in total. The van der Waals surface area contributed by atoms with Crippen LogP contribution in [0.3, 0.4) is 0 Å². The topological polar surface area (TPSA) is 43.0 Å². The number of morpholine rings is 1. The molecule has 1 aromatic heterocycles. The zero-order valence-corrected chi connectivity index (χ0v) is 18.7. The quantitative estimate of drug-likeness (QED) is 0.556.